The maximum absolute atomic E-state index is 14.3. The Morgan fingerprint density at radius 2 is 1.95 bits per heavy atom. The second-order valence-corrected chi connectivity index (χ2v) is 9.91. The molecule has 1 aliphatic rings. The topological polar surface area (TPSA) is 105 Å². The SMILES string of the molecule is CC(c1cc(CO)cc2ncc(N3CCOCC3)nc12)N(Sc1ccc([N+](=O)[O-])cc1)c1cccc(F)c1. The Balaban J connectivity index is 1.59. The van der Waals surface area contributed by atoms with Crippen LogP contribution in [0.25, 0.3) is 11.0 Å². The van der Waals surface area contributed by atoms with Crippen molar-refractivity contribution in [3.63, 3.8) is 0 Å². The number of ether oxygens (including phenoxy) is 1. The molecule has 1 N–H and O–H groups in total. The average molecular weight is 536 g/mol. The van der Waals surface area contributed by atoms with Crippen LogP contribution < -0.4 is 9.21 Å². The van der Waals surface area contributed by atoms with Crippen molar-refractivity contribution in [2.24, 2.45) is 0 Å². The van der Waals surface area contributed by atoms with E-state index in [9.17, 15) is 19.6 Å². The van der Waals surface area contributed by atoms with Crippen LogP contribution >= 0.6 is 11.9 Å². The molecule has 1 aliphatic heterocycles. The zero-order valence-corrected chi connectivity index (χ0v) is 21.5. The number of aromatic nitrogens is 2. The Morgan fingerprint density at radius 1 is 1.18 bits per heavy atom. The van der Waals surface area contributed by atoms with Crippen molar-refractivity contribution in [1.29, 1.82) is 0 Å². The molecule has 2 heterocycles. The normalized spacial score (nSPS) is 14.4. The largest absolute Gasteiger partial charge is 0.392 e. The van der Waals surface area contributed by atoms with Crippen molar-refractivity contribution in [2.75, 3.05) is 35.5 Å². The van der Waals surface area contributed by atoms with Crippen LogP contribution in [-0.2, 0) is 11.3 Å². The van der Waals surface area contributed by atoms with Crippen LogP contribution in [0.5, 0.6) is 0 Å². The number of morpholine rings is 1. The van der Waals surface area contributed by atoms with E-state index in [1.165, 1.54) is 36.2 Å². The first-order valence-electron chi connectivity index (χ1n) is 12.1. The van der Waals surface area contributed by atoms with Crippen LogP contribution in [0, 0.1) is 15.9 Å². The third-order valence-corrected chi connectivity index (χ3v) is 7.56. The third-order valence-electron chi connectivity index (χ3n) is 6.36. The second-order valence-electron chi connectivity index (χ2n) is 8.86. The molecule has 4 aromatic rings. The Morgan fingerprint density at radius 3 is 2.63 bits per heavy atom. The molecule has 0 radical (unpaired) electrons. The van der Waals surface area contributed by atoms with Crippen molar-refractivity contribution >= 4 is 40.2 Å². The van der Waals surface area contributed by atoms with Gasteiger partial charge in [-0.2, -0.15) is 0 Å². The summed E-state index contributed by atoms with van der Waals surface area (Å²) in [6, 6.07) is 15.9. The average Bonchev–Trinajstić information content (AvgIpc) is 2.95. The van der Waals surface area contributed by atoms with E-state index in [2.05, 4.69) is 9.88 Å². The predicted octanol–water partition coefficient (Wildman–Crippen LogP) is 5.28. The van der Waals surface area contributed by atoms with Gasteiger partial charge in [-0.15, -0.1) is 0 Å². The maximum Gasteiger partial charge on any atom is 0.269 e. The molecule has 0 amide bonds. The van der Waals surface area contributed by atoms with Crippen molar-refractivity contribution < 1.29 is 19.2 Å². The summed E-state index contributed by atoms with van der Waals surface area (Å²) in [5.74, 6) is 0.360. The predicted molar refractivity (Wildman–Crippen MR) is 145 cm³/mol. The van der Waals surface area contributed by atoms with Crippen LogP contribution in [0.4, 0.5) is 21.6 Å². The first-order valence-corrected chi connectivity index (χ1v) is 12.9. The van der Waals surface area contributed by atoms with Gasteiger partial charge in [0.25, 0.3) is 5.69 Å². The van der Waals surface area contributed by atoms with Gasteiger partial charge in [-0.25, -0.2) is 9.37 Å². The van der Waals surface area contributed by atoms with Crippen LogP contribution in [-0.4, -0.2) is 46.3 Å². The highest BCUT2D eigenvalue weighted by Crippen LogP contribution is 2.40. The minimum absolute atomic E-state index is 0.00717. The van der Waals surface area contributed by atoms with Gasteiger partial charge in [0.2, 0.25) is 0 Å². The minimum Gasteiger partial charge on any atom is -0.392 e. The Bertz CT molecular complexity index is 1450. The molecule has 1 aromatic heterocycles. The highest BCUT2D eigenvalue weighted by molar-refractivity contribution is 8.00. The fourth-order valence-electron chi connectivity index (χ4n) is 4.38. The number of aliphatic hydroxyl groups excluding tert-OH is 1. The lowest BCUT2D eigenvalue weighted by Crippen LogP contribution is -2.36. The van der Waals surface area contributed by atoms with Gasteiger partial charge < -0.3 is 19.0 Å². The van der Waals surface area contributed by atoms with Gasteiger partial charge in [-0.05, 0) is 66.9 Å². The standard InChI is InChI=1S/C27H26FN5O4S/c1-18(32(22-4-2-3-20(28)15-22)38-23-7-5-21(6-8-23)33(35)36)24-13-19(17-34)14-25-27(24)30-26(16-29-25)31-9-11-37-12-10-31/h2-8,13-16,18,34H,9-12,17H2,1H3. The van der Waals surface area contributed by atoms with Gasteiger partial charge in [0.05, 0.1) is 53.7 Å². The Labute approximate surface area is 223 Å². The monoisotopic (exact) mass is 535 g/mol. The number of aliphatic hydroxyl groups is 1. The van der Waals surface area contributed by atoms with Gasteiger partial charge in [0, 0.05) is 35.7 Å². The fourth-order valence-corrected chi connectivity index (χ4v) is 5.36. The molecule has 1 atom stereocenters. The number of anilines is 2. The molecular weight excluding hydrogens is 509 g/mol. The molecule has 0 saturated carbocycles. The van der Waals surface area contributed by atoms with Crippen molar-refractivity contribution in [1.82, 2.24) is 9.97 Å². The molecule has 0 bridgehead atoms. The van der Waals surface area contributed by atoms with E-state index in [-0.39, 0.29) is 24.2 Å². The number of rotatable bonds is 8. The van der Waals surface area contributed by atoms with E-state index < -0.39 is 4.92 Å². The van der Waals surface area contributed by atoms with Gasteiger partial charge in [0.1, 0.15) is 11.6 Å². The maximum atomic E-state index is 14.3. The van der Waals surface area contributed by atoms with Gasteiger partial charge in [-0.1, -0.05) is 6.07 Å². The highest BCUT2D eigenvalue weighted by Gasteiger charge is 2.24. The van der Waals surface area contributed by atoms with E-state index in [1.807, 2.05) is 23.4 Å². The zero-order chi connectivity index (χ0) is 26.6. The smallest absolute Gasteiger partial charge is 0.269 e. The summed E-state index contributed by atoms with van der Waals surface area (Å²) in [7, 11) is 0. The summed E-state index contributed by atoms with van der Waals surface area (Å²) in [6.45, 7) is 4.47. The number of non-ortho nitro benzene ring substituents is 1. The number of nitro groups is 1. The number of hydrogen-bond donors (Lipinski definition) is 1. The van der Waals surface area contributed by atoms with Crippen molar-refractivity contribution in [3.8, 4) is 0 Å². The second kappa shape index (κ2) is 11.3. The quantitative estimate of drug-likeness (QED) is 0.183. The first-order chi connectivity index (χ1) is 18.4. The molecule has 11 heteroatoms. The van der Waals surface area contributed by atoms with Crippen LogP contribution in [0.3, 0.4) is 0 Å². The summed E-state index contributed by atoms with van der Waals surface area (Å²) >= 11 is 1.33. The molecule has 9 nitrogen and oxygen atoms in total. The van der Waals surface area contributed by atoms with E-state index in [0.717, 1.165) is 16.3 Å². The summed E-state index contributed by atoms with van der Waals surface area (Å²) < 4.78 is 21.7. The molecule has 1 fully saturated rings. The van der Waals surface area contributed by atoms with Gasteiger partial charge in [0.15, 0.2) is 0 Å². The van der Waals surface area contributed by atoms with Crippen LogP contribution in [0.1, 0.15) is 24.1 Å². The molecule has 0 aliphatic carbocycles. The molecule has 38 heavy (non-hydrogen) atoms. The summed E-state index contributed by atoms with van der Waals surface area (Å²) in [6.07, 6.45) is 1.74. The minimum atomic E-state index is -0.446. The summed E-state index contributed by atoms with van der Waals surface area (Å²) in [4.78, 5) is 23.2. The first kappa shape index (κ1) is 25.8. The lowest BCUT2D eigenvalue weighted by molar-refractivity contribution is -0.384. The fraction of sp³-hybridized carbons (Fsp3) is 0.259. The number of benzene rings is 3. The van der Waals surface area contributed by atoms with Crippen molar-refractivity contribution in [2.45, 2.75) is 24.5 Å². The van der Waals surface area contributed by atoms with Crippen LogP contribution in [0.2, 0.25) is 0 Å². The number of fused-ring (bicyclic) bond motifs is 1. The molecule has 5 rings (SSSR count). The molecule has 1 saturated heterocycles. The Kier molecular flexibility index (Phi) is 7.68. The van der Waals surface area contributed by atoms with Crippen molar-refractivity contribution in [3.05, 3.63) is 93.9 Å². The Hall–Kier alpha value is -3.80. The van der Waals surface area contributed by atoms with E-state index in [0.29, 0.717) is 48.6 Å². The molecular formula is C27H26FN5O4S. The molecule has 3 aromatic carbocycles. The van der Waals surface area contributed by atoms with Gasteiger partial charge in [-0.3, -0.25) is 15.1 Å². The number of hydrogen-bond acceptors (Lipinski definition) is 9. The van der Waals surface area contributed by atoms with E-state index >= 15 is 0 Å². The molecule has 0 spiro atoms. The number of nitro benzene ring substituents is 1. The van der Waals surface area contributed by atoms with Crippen LogP contribution in [0.15, 0.2) is 71.8 Å². The number of halogens is 1. The van der Waals surface area contributed by atoms with E-state index in [4.69, 9.17) is 9.72 Å². The van der Waals surface area contributed by atoms with Gasteiger partial charge >= 0.3 is 0 Å². The number of nitrogens with zero attached hydrogens (tertiary/aromatic N) is 5. The lowest BCUT2D eigenvalue weighted by atomic mass is 10.0. The molecule has 1 unspecified atom stereocenters. The summed E-state index contributed by atoms with van der Waals surface area (Å²) in [5.41, 5.74) is 3.44. The highest BCUT2D eigenvalue weighted by atomic mass is 32.2. The third kappa shape index (κ3) is 5.54. The lowest BCUT2D eigenvalue weighted by Gasteiger charge is -2.31. The molecule has 196 valence electrons. The van der Waals surface area contributed by atoms with E-state index in [1.54, 1.807) is 30.5 Å². The zero-order valence-electron chi connectivity index (χ0n) is 20.7. The summed E-state index contributed by atoms with van der Waals surface area (Å²) in [5, 5.41) is 21.1.